The molecule has 0 bridgehead atoms. The van der Waals surface area contributed by atoms with E-state index in [1.54, 1.807) is 0 Å². The second kappa shape index (κ2) is 4.59. The molecule has 0 radical (unpaired) electrons. The number of rotatable bonds is 2. The maximum Gasteiger partial charge on any atom is 0.161 e. The average molecular weight is 258 g/mol. The molecule has 5 heteroatoms. The molecule has 0 atom stereocenters. The number of nitrogens with two attached hydrogens (primary N) is 1. The Morgan fingerprint density at radius 3 is 2.79 bits per heavy atom. The van der Waals surface area contributed by atoms with Gasteiger partial charge in [0.1, 0.15) is 11.6 Å². The normalized spacial score (nSPS) is 13.4. The lowest BCUT2D eigenvalue weighted by molar-refractivity contribution is 0.627. The second-order valence-electron chi connectivity index (χ2n) is 4.84. The van der Waals surface area contributed by atoms with E-state index < -0.39 is 0 Å². The van der Waals surface area contributed by atoms with Crippen LogP contribution in [0, 0.1) is 12.7 Å². The summed E-state index contributed by atoms with van der Waals surface area (Å²) >= 11 is 0. The van der Waals surface area contributed by atoms with E-state index >= 15 is 0 Å². The fourth-order valence-corrected chi connectivity index (χ4v) is 2.55. The van der Waals surface area contributed by atoms with Crippen LogP contribution in [-0.4, -0.2) is 9.97 Å². The SMILES string of the molecule is Cc1cc(F)cc(-c2nc3c(c(NN)n2)CCC3)c1. The van der Waals surface area contributed by atoms with Gasteiger partial charge in [0.15, 0.2) is 5.82 Å². The van der Waals surface area contributed by atoms with Crippen LogP contribution in [0.3, 0.4) is 0 Å². The van der Waals surface area contributed by atoms with Crippen LogP contribution in [0.15, 0.2) is 18.2 Å². The maximum atomic E-state index is 13.5. The summed E-state index contributed by atoms with van der Waals surface area (Å²) in [4.78, 5) is 8.94. The summed E-state index contributed by atoms with van der Waals surface area (Å²) < 4.78 is 13.5. The summed E-state index contributed by atoms with van der Waals surface area (Å²) in [5.41, 5.74) is 6.25. The van der Waals surface area contributed by atoms with Gasteiger partial charge in [-0.2, -0.15) is 0 Å². The molecule has 19 heavy (non-hydrogen) atoms. The number of anilines is 1. The molecule has 0 aliphatic heterocycles. The number of nitrogens with one attached hydrogen (secondary N) is 1. The zero-order chi connectivity index (χ0) is 13.4. The van der Waals surface area contributed by atoms with Crippen molar-refractivity contribution in [2.45, 2.75) is 26.2 Å². The molecule has 1 aromatic heterocycles. The number of hydrogen-bond acceptors (Lipinski definition) is 4. The Morgan fingerprint density at radius 2 is 2.05 bits per heavy atom. The highest BCUT2D eigenvalue weighted by Crippen LogP contribution is 2.29. The summed E-state index contributed by atoms with van der Waals surface area (Å²) in [5, 5.41) is 0. The number of benzene rings is 1. The average Bonchev–Trinajstić information content (AvgIpc) is 2.84. The summed E-state index contributed by atoms with van der Waals surface area (Å²) in [6, 6.07) is 4.81. The van der Waals surface area contributed by atoms with Gasteiger partial charge < -0.3 is 5.43 Å². The van der Waals surface area contributed by atoms with Crippen LogP contribution in [0.25, 0.3) is 11.4 Å². The number of fused-ring (bicyclic) bond motifs is 1. The van der Waals surface area contributed by atoms with Gasteiger partial charge in [-0.15, -0.1) is 0 Å². The predicted octanol–water partition coefficient (Wildman–Crippen LogP) is 2.37. The molecule has 0 amide bonds. The van der Waals surface area contributed by atoms with Crippen molar-refractivity contribution in [3.8, 4) is 11.4 Å². The van der Waals surface area contributed by atoms with E-state index in [1.807, 2.05) is 13.0 Å². The molecule has 0 saturated carbocycles. The third-order valence-electron chi connectivity index (χ3n) is 3.37. The molecule has 1 aliphatic carbocycles. The van der Waals surface area contributed by atoms with Gasteiger partial charge in [-0.25, -0.2) is 20.2 Å². The molecular formula is C14H15FN4. The predicted molar refractivity (Wildman–Crippen MR) is 72.0 cm³/mol. The second-order valence-corrected chi connectivity index (χ2v) is 4.84. The Labute approximate surface area is 110 Å². The molecule has 0 fully saturated rings. The van der Waals surface area contributed by atoms with Gasteiger partial charge in [0, 0.05) is 16.8 Å². The van der Waals surface area contributed by atoms with E-state index in [0.29, 0.717) is 17.2 Å². The van der Waals surface area contributed by atoms with E-state index in [1.165, 1.54) is 12.1 Å². The first-order valence-corrected chi connectivity index (χ1v) is 6.31. The molecule has 4 nitrogen and oxygen atoms in total. The summed E-state index contributed by atoms with van der Waals surface area (Å²) in [6.07, 6.45) is 2.93. The Hall–Kier alpha value is -2.01. The lowest BCUT2D eigenvalue weighted by Gasteiger charge is -2.10. The van der Waals surface area contributed by atoms with Crippen molar-refractivity contribution in [3.05, 3.63) is 40.8 Å². The highest BCUT2D eigenvalue weighted by Gasteiger charge is 2.19. The van der Waals surface area contributed by atoms with E-state index in [0.717, 1.165) is 36.1 Å². The molecule has 0 spiro atoms. The molecule has 3 N–H and O–H groups in total. The first-order chi connectivity index (χ1) is 9.17. The van der Waals surface area contributed by atoms with Gasteiger partial charge in [0.2, 0.25) is 0 Å². The fourth-order valence-electron chi connectivity index (χ4n) is 2.55. The zero-order valence-corrected chi connectivity index (χ0v) is 10.7. The van der Waals surface area contributed by atoms with Gasteiger partial charge in [-0.3, -0.25) is 0 Å². The Balaban J connectivity index is 2.15. The quantitative estimate of drug-likeness (QED) is 0.641. The number of halogens is 1. The molecule has 1 aliphatic rings. The first kappa shape index (κ1) is 12.0. The molecule has 3 rings (SSSR count). The molecule has 0 unspecified atom stereocenters. The molecule has 0 saturated heterocycles. The van der Waals surface area contributed by atoms with Crippen LogP contribution in [0.2, 0.25) is 0 Å². The number of nitrogens with zero attached hydrogens (tertiary/aromatic N) is 2. The molecule has 1 aromatic carbocycles. The minimum absolute atomic E-state index is 0.277. The number of nitrogen functional groups attached to an aromatic ring is 1. The van der Waals surface area contributed by atoms with Crippen LogP contribution >= 0.6 is 0 Å². The molecule has 2 aromatic rings. The van der Waals surface area contributed by atoms with Crippen molar-refractivity contribution in [2.75, 3.05) is 5.43 Å². The number of hydrogen-bond donors (Lipinski definition) is 2. The summed E-state index contributed by atoms with van der Waals surface area (Å²) in [6.45, 7) is 1.85. The minimum Gasteiger partial charge on any atom is -0.308 e. The summed E-state index contributed by atoms with van der Waals surface area (Å²) in [5.74, 6) is 6.42. The van der Waals surface area contributed by atoms with Gasteiger partial charge >= 0.3 is 0 Å². The highest BCUT2D eigenvalue weighted by atomic mass is 19.1. The minimum atomic E-state index is -0.277. The number of hydrazine groups is 1. The number of aromatic nitrogens is 2. The van der Waals surface area contributed by atoms with Crippen molar-refractivity contribution in [3.63, 3.8) is 0 Å². The van der Waals surface area contributed by atoms with Crippen molar-refractivity contribution in [1.29, 1.82) is 0 Å². The highest BCUT2D eigenvalue weighted by molar-refractivity contribution is 5.61. The fraction of sp³-hybridized carbons (Fsp3) is 0.286. The topological polar surface area (TPSA) is 63.8 Å². The smallest absolute Gasteiger partial charge is 0.161 e. The zero-order valence-electron chi connectivity index (χ0n) is 10.7. The van der Waals surface area contributed by atoms with E-state index in [-0.39, 0.29) is 5.82 Å². The molecule has 1 heterocycles. The Kier molecular flexibility index (Phi) is 2.91. The van der Waals surface area contributed by atoms with Crippen molar-refractivity contribution in [1.82, 2.24) is 9.97 Å². The summed E-state index contributed by atoms with van der Waals surface area (Å²) in [7, 11) is 0. The lowest BCUT2D eigenvalue weighted by Crippen LogP contribution is -2.12. The standard InChI is InChI=1S/C14H15FN4/c1-8-5-9(7-10(15)6-8)13-17-12-4-2-3-11(12)14(18-13)19-16/h5-7H,2-4,16H2,1H3,(H,17,18,19). The first-order valence-electron chi connectivity index (χ1n) is 6.31. The van der Waals surface area contributed by atoms with Crippen LogP contribution in [-0.2, 0) is 12.8 Å². The maximum absolute atomic E-state index is 13.5. The van der Waals surface area contributed by atoms with Crippen LogP contribution in [0.4, 0.5) is 10.2 Å². The number of aryl methyl sites for hydroxylation is 2. The molecule has 98 valence electrons. The van der Waals surface area contributed by atoms with Gasteiger partial charge in [-0.05, 0) is 49.9 Å². The Morgan fingerprint density at radius 1 is 1.21 bits per heavy atom. The van der Waals surface area contributed by atoms with Crippen LogP contribution in [0.1, 0.15) is 23.2 Å². The van der Waals surface area contributed by atoms with Crippen molar-refractivity contribution in [2.24, 2.45) is 5.84 Å². The van der Waals surface area contributed by atoms with Crippen LogP contribution in [0.5, 0.6) is 0 Å². The van der Waals surface area contributed by atoms with Crippen LogP contribution < -0.4 is 11.3 Å². The monoisotopic (exact) mass is 258 g/mol. The largest absolute Gasteiger partial charge is 0.308 e. The molecular weight excluding hydrogens is 243 g/mol. The van der Waals surface area contributed by atoms with Gasteiger partial charge in [0.05, 0.1) is 0 Å². The Bertz CT molecular complexity index is 619. The lowest BCUT2D eigenvalue weighted by atomic mass is 10.1. The van der Waals surface area contributed by atoms with Gasteiger partial charge in [0.25, 0.3) is 0 Å². The van der Waals surface area contributed by atoms with E-state index in [2.05, 4.69) is 15.4 Å². The third kappa shape index (κ3) is 2.17. The van der Waals surface area contributed by atoms with Gasteiger partial charge in [-0.1, -0.05) is 0 Å². The third-order valence-corrected chi connectivity index (χ3v) is 3.37. The van der Waals surface area contributed by atoms with E-state index in [9.17, 15) is 4.39 Å². The van der Waals surface area contributed by atoms with Crippen molar-refractivity contribution >= 4 is 5.82 Å². The van der Waals surface area contributed by atoms with E-state index in [4.69, 9.17) is 5.84 Å². The van der Waals surface area contributed by atoms with Crippen molar-refractivity contribution < 1.29 is 4.39 Å².